The van der Waals surface area contributed by atoms with E-state index >= 15 is 0 Å². The molecule has 3 heterocycles. The maximum Gasteiger partial charge on any atom is 0.322 e. The standard InChI is InChI=1S/C13H11N3O3/c17-12(18)13(7-19-8-13)11-15-5-3-10(16-11)9-2-1-4-14-6-9/h1-6H,7-8H2,(H,17,18). The lowest BCUT2D eigenvalue weighted by atomic mass is 9.85. The molecule has 96 valence electrons. The summed E-state index contributed by atoms with van der Waals surface area (Å²) in [5.41, 5.74) is 0.371. The fourth-order valence-electron chi connectivity index (χ4n) is 1.92. The van der Waals surface area contributed by atoms with E-state index in [1.165, 1.54) is 0 Å². The Kier molecular flexibility index (Phi) is 2.72. The highest BCUT2D eigenvalue weighted by atomic mass is 16.5. The number of ether oxygens (including phenoxy) is 1. The zero-order chi connectivity index (χ0) is 13.3. The first-order valence-corrected chi connectivity index (χ1v) is 5.77. The number of pyridine rings is 1. The van der Waals surface area contributed by atoms with Gasteiger partial charge in [0.1, 0.15) is 0 Å². The van der Waals surface area contributed by atoms with Gasteiger partial charge >= 0.3 is 5.97 Å². The zero-order valence-corrected chi connectivity index (χ0v) is 9.98. The van der Waals surface area contributed by atoms with Crippen molar-refractivity contribution in [1.29, 1.82) is 0 Å². The molecule has 2 aromatic rings. The van der Waals surface area contributed by atoms with Gasteiger partial charge in [0, 0.05) is 24.2 Å². The van der Waals surface area contributed by atoms with Crippen LogP contribution in [0, 0.1) is 0 Å². The van der Waals surface area contributed by atoms with Gasteiger partial charge in [-0.3, -0.25) is 9.78 Å². The molecule has 6 heteroatoms. The summed E-state index contributed by atoms with van der Waals surface area (Å²) in [7, 11) is 0. The largest absolute Gasteiger partial charge is 0.480 e. The molecule has 3 rings (SSSR count). The first-order valence-electron chi connectivity index (χ1n) is 5.77. The second-order valence-corrected chi connectivity index (χ2v) is 4.39. The molecule has 1 saturated heterocycles. The molecular weight excluding hydrogens is 246 g/mol. The molecule has 0 unspecified atom stereocenters. The fraction of sp³-hybridized carbons (Fsp3) is 0.231. The number of carboxylic acids is 1. The minimum atomic E-state index is -1.11. The summed E-state index contributed by atoms with van der Waals surface area (Å²) < 4.78 is 5.03. The zero-order valence-electron chi connectivity index (χ0n) is 9.98. The molecule has 0 radical (unpaired) electrons. The van der Waals surface area contributed by atoms with E-state index in [4.69, 9.17) is 4.74 Å². The number of hydrogen-bond donors (Lipinski definition) is 1. The maximum atomic E-state index is 11.4. The number of aromatic nitrogens is 3. The Hall–Kier alpha value is -2.34. The van der Waals surface area contributed by atoms with E-state index in [0.717, 1.165) is 5.56 Å². The number of aliphatic carboxylic acids is 1. The van der Waals surface area contributed by atoms with Crippen molar-refractivity contribution in [2.75, 3.05) is 13.2 Å². The van der Waals surface area contributed by atoms with Crippen LogP contribution in [0.3, 0.4) is 0 Å². The van der Waals surface area contributed by atoms with Crippen LogP contribution in [0.4, 0.5) is 0 Å². The number of rotatable bonds is 3. The summed E-state index contributed by atoms with van der Waals surface area (Å²) in [5.74, 6) is -0.672. The second kappa shape index (κ2) is 4.40. The van der Waals surface area contributed by atoms with Crippen LogP contribution in [0.15, 0.2) is 36.8 Å². The van der Waals surface area contributed by atoms with Gasteiger partial charge in [0.25, 0.3) is 0 Å². The van der Waals surface area contributed by atoms with Crippen LogP contribution < -0.4 is 0 Å². The highest BCUT2D eigenvalue weighted by molar-refractivity contribution is 5.81. The molecule has 1 aliphatic rings. The van der Waals surface area contributed by atoms with E-state index < -0.39 is 11.4 Å². The average molecular weight is 257 g/mol. The molecule has 0 spiro atoms. The van der Waals surface area contributed by atoms with E-state index in [1.807, 2.05) is 6.07 Å². The summed E-state index contributed by atoms with van der Waals surface area (Å²) in [6, 6.07) is 5.40. The summed E-state index contributed by atoms with van der Waals surface area (Å²) >= 11 is 0. The second-order valence-electron chi connectivity index (χ2n) is 4.39. The summed E-state index contributed by atoms with van der Waals surface area (Å²) in [6.07, 6.45) is 4.91. The van der Waals surface area contributed by atoms with Crippen LogP contribution in [0.25, 0.3) is 11.3 Å². The Balaban J connectivity index is 2.03. The van der Waals surface area contributed by atoms with Crippen LogP contribution in [-0.4, -0.2) is 39.2 Å². The van der Waals surface area contributed by atoms with Gasteiger partial charge in [-0.1, -0.05) is 0 Å². The maximum absolute atomic E-state index is 11.4. The predicted molar refractivity (Wildman–Crippen MR) is 65.4 cm³/mol. The van der Waals surface area contributed by atoms with E-state index in [0.29, 0.717) is 5.69 Å². The average Bonchev–Trinajstić information content (AvgIpc) is 2.38. The molecule has 1 N–H and O–H groups in total. The topological polar surface area (TPSA) is 85.2 Å². The van der Waals surface area contributed by atoms with Crippen molar-refractivity contribution in [2.24, 2.45) is 0 Å². The van der Waals surface area contributed by atoms with Crippen molar-refractivity contribution in [3.05, 3.63) is 42.6 Å². The SMILES string of the molecule is O=C(O)C1(c2nccc(-c3cccnc3)n2)COC1. The smallest absolute Gasteiger partial charge is 0.322 e. The monoisotopic (exact) mass is 257 g/mol. The Morgan fingerprint density at radius 1 is 1.32 bits per heavy atom. The van der Waals surface area contributed by atoms with Gasteiger partial charge in [-0.05, 0) is 18.2 Å². The molecule has 2 aromatic heterocycles. The van der Waals surface area contributed by atoms with E-state index in [9.17, 15) is 9.90 Å². The molecule has 0 atom stereocenters. The minimum Gasteiger partial charge on any atom is -0.480 e. The third kappa shape index (κ3) is 1.86. The Morgan fingerprint density at radius 2 is 2.16 bits per heavy atom. The summed E-state index contributed by atoms with van der Waals surface area (Å²) in [4.78, 5) is 23.8. The molecule has 0 aromatic carbocycles. The number of nitrogens with zero attached hydrogens (tertiary/aromatic N) is 3. The van der Waals surface area contributed by atoms with Crippen molar-refractivity contribution >= 4 is 5.97 Å². The molecule has 0 saturated carbocycles. The van der Waals surface area contributed by atoms with Crippen molar-refractivity contribution in [2.45, 2.75) is 5.41 Å². The molecule has 1 aliphatic heterocycles. The molecular formula is C13H11N3O3. The lowest BCUT2D eigenvalue weighted by molar-refractivity contribution is -0.164. The summed E-state index contributed by atoms with van der Waals surface area (Å²) in [6.45, 7) is 0.220. The van der Waals surface area contributed by atoms with E-state index in [2.05, 4.69) is 15.0 Å². The third-order valence-electron chi connectivity index (χ3n) is 3.15. The van der Waals surface area contributed by atoms with Crippen molar-refractivity contribution in [3.63, 3.8) is 0 Å². The quantitative estimate of drug-likeness (QED) is 0.879. The van der Waals surface area contributed by atoms with Gasteiger partial charge in [0.2, 0.25) is 0 Å². The van der Waals surface area contributed by atoms with Crippen LogP contribution >= 0.6 is 0 Å². The molecule has 0 bridgehead atoms. The number of hydrogen-bond acceptors (Lipinski definition) is 5. The predicted octanol–water partition coefficient (Wildman–Crippen LogP) is 0.891. The highest BCUT2D eigenvalue weighted by Crippen LogP contribution is 2.31. The lowest BCUT2D eigenvalue weighted by Crippen LogP contribution is -2.54. The highest BCUT2D eigenvalue weighted by Gasteiger charge is 2.50. The van der Waals surface area contributed by atoms with E-state index in [-0.39, 0.29) is 19.0 Å². The fourth-order valence-corrected chi connectivity index (χ4v) is 1.92. The number of carboxylic acid groups (broad SMARTS) is 1. The van der Waals surface area contributed by atoms with Gasteiger partial charge in [0.05, 0.1) is 18.9 Å². The first kappa shape index (κ1) is 11.7. The third-order valence-corrected chi connectivity index (χ3v) is 3.15. The Bertz CT molecular complexity index is 612. The van der Waals surface area contributed by atoms with Crippen molar-refractivity contribution in [3.8, 4) is 11.3 Å². The van der Waals surface area contributed by atoms with Gasteiger partial charge < -0.3 is 9.84 Å². The molecule has 1 fully saturated rings. The van der Waals surface area contributed by atoms with Gasteiger partial charge in [0.15, 0.2) is 11.2 Å². The van der Waals surface area contributed by atoms with Crippen molar-refractivity contribution < 1.29 is 14.6 Å². The van der Waals surface area contributed by atoms with Crippen LogP contribution in [0.2, 0.25) is 0 Å². The molecule has 19 heavy (non-hydrogen) atoms. The number of carbonyl (C=O) groups is 1. The van der Waals surface area contributed by atoms with Crippen molar-refractivity contribution in [1.82, 2.24) is 15.0 Å². The lowest BCUT2D eigenvalue weighted by Gasteiger charge is -2.35. The van der Waals surface area contributed by atoms with E-state index in [1.54, 1.807) is 30.7 Å². The Morgan fingerprint density at radius 3 is 2.74 bits per heavy atom. The van der Waals surface area contributed by atoms with Crippen LogP contribution in [0.1, 0.15) is 5.82 Å². The van der Waals surface area contributed by atoms with Gasteiger partial charge in [-0.25, -0.2) is 9.97 Å². The molecule has 0 amide bonds. The van der Waals surface area contributed by atoms with Crippen LogP contribution in [-0.2, 0) is 14.9 Å². The normalized spacial score (nSPS) is 16.6. The molecule has 0 aliphatic carbocycles. The van der Waals surface area contributed by atoms with Gasteiger partial charge in [-0.2, -0.15) is 0 Å². The minimum absolute atomic E-state index is 0.110. The Labute approximate surface area is 109 Å². The summed E-state index contributed by atoms with van der Waals surface area (Å²) in [5, 5.41) is 9.33. The first-order chi connectivity index (χ1) is 9.22. The van der Waals surface area contributed by atoms with Crippen LogP contribution in [0.5, 0.6) is 0 Å². The van der Waals surface area contributed by atoms with Gasteiger partial charge in [-0.15, -0.1) is 0 Å². The molecule has 6 nitrogen and oxygen atoms in total.